The molecule has 26 heavy (non-hydrogen) atoms. The van der Waals surface area contributed by atoms with Crippen molar-refractivity contribution in [2.45, 2.75) is 32.2 Å². The molecule has 0 radical (unpaired) electrons. The van der Waals surface area contributed by atoms with Crippen molar-refractivity contribution in [1.82, 2.24) is 5.32 Å². The average Bonchev–Trinajstić information content (AvgIpc) is 3.15. The van der Waals surface area contributed by atoms with E-state index in [1.165, 1.54) is 18.4 Å². The Morgan fingerprint density at radius 2 is 1.85 bits per heavy atom. The highest BCUT2D eigenvalue weighted by atomic mass is 35.5. The molecule has 1 aliphatic rings. The van der Waals surface area contributed by atoms with Gasteiger partial charge in [0.15, 0.2) is 0 Å². The summed E-state index contributed by atoms with van der Waals surface area (Å²) < 4.78 is 19.1. The normalized spacial score (nSPS) is 14.2. The van der Waals surface area contributed by atoms with Crippen LogP contribution in [0.15, 0.2) is 52.2 Å². The minimum atomic E-state index is -0.619. The largest absolute Gasteiger partial charge is 0.467 e. The molecular weight excluding hydrogens is 359 g/mol. The maximum atomic E-state index is 13.9. The summed E-state index contributed by atoms with van der Waals surface area (Å²) in [4.78, 5) is 25.1. The first-order valence-corrected chi connectivity index (χ1v) is 8.71. The minimum Gasteiger partial charge on any atom is -0.467 e. The van der Waals surface area contributed by atoms with Crippen molar-refractivity contribution in [2.24, 2.45) is 0 Å². The number of anilines is 1. The smallest absolute Gasteiger partial charge is 0.252 e. The van der Waals surface area contributed by atoms with Crippen molar-refractivity contribution in [3.05, 3.63) is 64.3 Å². The number of furan rings is 1. The highest BCUT2D eigenvalue weighted by molar-refractivity contribution is 6.30. The molecule has 0 bridgehead atoms. The van der Waals surface area contributed by atoms with Crippen molar-refractivity contribution in [3.63, 3.8) is 0 Å². The molecule has 1 heterocycles. The summed E-state index contributed by atoms with van der Waals surface area (Å²) in [5.74, 6) is -0.757. The molecule has 1 aromatic carbocycles. The van der Waals surface area contributed by atoms with Crippen LogP contribution in [0.1, 0.15) is 31.4 Å². The molecule has 0 saturated carbocycles. The van der Waals surface area contributed by atoms with E-state index in [2.05, 4.69) is 10.6 Å². The predicted octanol–water partition coefficient (Wildman–Crippen LogP) is 4.20. The van der Waals surface area contributed by atoms with Gasteiger partial charge in [-0.15, -0.1) is 0 Å². The van der Waals surface area contributed by atoms with Crippen molar-refractivity contribution < 1.29 is 18.4 Å². The molecule has 136 valence electrons. The van der Waals surface area contributed by atoms with Crippen LogP contribution in [0.5, 0.6) is 0 Å². The van der Waals surface area contributed by atoms with Crippen LogP contribution in [0.3, 0.4) is 0 Å². The van der Waals surface area contributed by atoms with E-state index in [-0.39, 0.29) is 23.2 Å². The highest BCUT2D eigenvalue weighted by Crippen LogP contribution is 2.27. The van der Waals surface area contributed by atoms with Crippen molar-refractivity contribution in [1.29, 1.82) is 0 Å². The van der Waals surface area contributed by atoms with Gasteiger partial charge in [0, 0.05) is 16.2 Å². The van der Waals surface area contributed by atoms with E-state index < -0.39 is 11.7 Å². The lowest BCUT2D eigenvalue weighted by atomic mass is 9.90. The molecule has 1 aliphatic carbocycles. The van der Waals surface area contributed by atoms with Crippen molar-refractivity contribution >= 4 is 29.1 Å². The molecule has 5 nitrogen and oxygen atoms in total. The third-order valence-corrected chi connectivity index (χ3v) is 4.43. The van der Waals surface area contributed by atoms with Crippen LogP contribution >= 0.6 is 11.6 Å². The molecule has 0 unspecified atom stereocenters. The summed E-state index contributed by atoms with van der Waals surface area (Å²) in [5, 5.41) is 5.54. The molecular formula is C19H18ClFN2O3. The molecule has 3 rings (SSSR count). The summed E-state index contributed by atoms with van der Waals surface area (Å²) in [6.07, 6.45) is 4.15. The summed E-state index contributed by atoms with van der Waals surface area (Å²) in [6.45, 7) is 0.246. The Hall–Kier alpha value is -2.60. The Bertz CT molecular complexity index is 846. The Morgan fingerprint density at radius 3 is 2.50 bits per heavy atom. The lowest BCUT2D eigenvalue weighted by Gasteiger charge is -2.19. The van der Waals surface area contributed by atoms with E-state index in [0.29, 0.717) is 29.7 Å². The minimum absolute atomic E-state index is 0.0350. The van der Waals surface area contributed by atoms with Gasteiger partial charge in [-0.1, -0.05) is 11.6 Å². The van der Waals surface area contributed by atoms with Crippen LogP contribution in [-0.2, 0) is 16.1 Å². The molecule has 7 heteroatoms. The average molecular weight is 377 g/mol. The van der Waals surface area contributed by atoms with Gasteiger partial charge in [-0.05, 0) is 56.0 Å². The summed E-state index contributed by atoms with van der Waals surface area (Å²) >= 11 is 5.72. The number of hydrogen-bond acceptors (Lipinski definition) is 3. The van der Waals surface area contributed by atoms with E-state index in [0.717, 1.165) is 18.9 Å². The summed E-state index contributed by atoms with van der Waals surface area (Å²) in [5.41, 5.74) is 0.866. The maximum absolute atomic E-state index is 13.9. The number of carbonyl (C=O) groups is 2. The van der Waals surface area contributed by atoms with E-state index >= 15 is 0 Å². The molecule has 0 spiro atoms. The Balaban J connectivity index is 1.75. The maximum Gasteiger partial charge on any atom is 0.252 e. The number of hydrogen-bond donors (Lipinski definition) is 2. The fraction of sp³-hybridized carbons (Fsp3) is 0.263. The first-order valence-electron chi connectivity index (χ1n) is 8.33. The monoisotopic (exact) mass is 376 g/mol. The van der Waals surface area contributed by atoms with E-state index in [1.807, 2.05) is 0 Å². The van der Waals surface area contributed by atoms with E-state index in [4.69, 9.17) is 16.0 Å². The molecule has 1 aromatic heterocycles. The van der Waals surface area contributed by atoms with Gasteiger partial charge < -0.3 is 15.1 Å². The zero-order chi connectivity index (χ0) is 18.5. The zero-order valence-electron chi connectivity index (χ0n) is 14.0. The standard InChI is InChI=1S/C19H18ClFN2O3/c20-12-7-8-17(16(21)10-12)23-19(25)15-6-2-1-5-14(15)18(24)22-11-13-4-3-9-26-13/h3-4,7-10H,1-2,5-6,11H2,(H,22,24)(H,23,25). The second kappa shape index (κ2) is 8.19. The first kappa shape index (κ1) is 18.2. The van der Waals surface area contributed by atoms with Gasteiger partial charge >= 0.3 is 0 Å². The number of nitrogens with one attached hydrogen (secondary N) is 2. The van der Waals surface area contributed by atoms with Crippen LogP contribution in [0.2, 0.25) is 5.02 Å². The number of rotatable bonds is 5. The molecule has 2 N–H and O–H groups in total. The Kier molecular flexibility index (Phi) is 5.73. The van der Waals surface area contributed by atoms with Crippen LogP contribution in [0, 0.1) is 5.82 Å². The third-order valence-electron chi connectivity index (χ3n) is 4.20. The number of halogens is 2. The van der Waals surface area contributed by atoms with Gasteiger partial charge in [-0.3, -0.25) is 9.59 Å². The lowest BCUT2D eigenvalue weighted by molar-refractivity contribution is -0.119. The molecule has 0 fully saturated rings. The predicted molar refractivity (Wildman–Crippen MR) is 96.1 cm³/mol. The van der Waals surface area contributed by atoms with Crippen LogP contribution in [0.4, 0.5) is 10.1 Å². The molecule has 0 atom stereocenters. The second-order valence-corrected chi connectivity index (χ2v) is 6.44. The van der Waals surface area contributed by atoms with E-state index in [1.54, 1.807) is 12.1 Å². The summed E-state index contributed by atoms with van der Waals surface area (Å²) in [7, 11) is 0. The first-order chi connectivity index (χ1) is 12.5. The fourth-order valence-corrected chi connectivity index (χ4v) is 3.04. The van der Waals surface area contributed by atoms with Crippen molar-refractivity contribution in [3.8, 4) is 0 Å². The molecule has 0 aliphatic heterocycles. The third kappa shape index (κ3) is 4.32. The van der Waals surface area contributed by atoms with Crippen LogP contribution < -0.4 is 10.6 Å². The molecule has 2 aromatic rings. The molecule has 0 saturated heterocycles. The van der Waals surface area contributed by atoms with E-state index in [9.17, 15) is 14.0 Å². The number of benzene rings is 1. The lowest BCUT2D eigenvalue weighted by Crippen LogP contribution is -2.29. The second-order valence-electron chi connectivity index (χ2n) is 6.00. The topological polar surface area (TPSA) is 71.3 Å². The Morgan fingerprint density at radius 1 is 1.12 bits per heavy atom. The summed E-state index contributed by atoms with van der Waals surface area (Å²) in [6, 6.07) is 7.51. The Labute approximate surface area is 155 Å². The van der Waals surface area contributed by atoms with Gasteiger partial charge in [-0.25, -0.2) is 4.39 Å². The fourth-order valence-electron chi connectivity index (χ4n) is 2.88. The van der Waals surface area contributed by atoms with Gasteiger partial charge in [0.2, 0.25) is 5.91 Å². The highest BCUT2D eigenvalue weighted by Gasteiger charge is 2.24. The van der Waals surface area contributed by atoms with Gasteiger partial charge in [0.1, 0.15) is 11.6 Å². The van der Waals surface area contributed by atoms with Crippen LogP contribution in [-0.4, -0.2) is 11.8 Å². The van der Waals surface area contributed by atoms with Gasteiger partial charge in [0.25, 0.3) is 5.91 Å². The van der Waals surface area contributed by atoms with Gasteiger partial charge in [-0.2, -0.15) is 0 Å². The SMILES string of the molecule is O=C(NCc1ccco1)C1=C(C(=O)Nc2ccc(Cl)cc2F)CCCC1. The quantitative estimate of drug-likeness (QED) is 0.821. The molecule has 2 amide bonds. The number of amides is 2. The van der Waals surface area contributed by atoms with Crippen molar-refractivity contribution in [2.75, 3.05) is 5.32 Å². The zero-order valence-corrected chi connectivity index (χ0v) is 14.7. The number of carbonyl (C=O) groups excluding carboxylic acids is 2. The van der Waals surface area contributed by atoms with Gasteiger partial charge in [0.05, 0.1) is 18.5 Å². The van der Waals surface area contributed by atoms with Crippen LogP contribution in [0.25, 0.3) is 0 Å².